The van der Waals surface area contributed by atoms with Crippen molar-refractivity contribution in [1.29, 1.82) is 0 Å². The van der Waals surface area contributed by atoms with Gasteiger partial charge in [0.1, 0.15) is 5.82 Å². The van der Waals surface area contributed by atoms with Gasteiger partial charge in [-0.1, -0.05) is 73.7 Å². The van der Waals surface area contributed by atoms with E-state index in [2.05, 4.69) is 32.3 Å². The molecule has 4 N–H and O–H groups in total. The van der Waals surface area contributed by atoms with Crippen LogP contribution in [0.1, 0.15) is 37.1 Å². The minimum absolute atomic E-state index is 0.460. The molecule has 3 rings (SSSR count). The molecule has 6 nitrogen and oxygen atoms in total. The average molecular weight is 374 g/mol. The first-order valence-electron chi connectivity index (χ1n) is 9.51. The number of nitrogens with one attached hydrogen (secondary N) is 2. The predicted molar refractivity (Wildman–Crippen MR) is 113 cm³/mol. The van der Waals surface area contributed by atoms with Gasteiger partial charge in [-0.05, 0) is 19.3 Å². The van der Waals surface area contributed by atoms with Crippen molar-refractivity contribution in [2.24, 2.45) is 10.8 Å². The number of unbranched alkanes of at least 4 members (excludes halogenated alkanes) is 2. The maximum atomic E-state index is 5.96. The molecule has 0 aliphatic carbocycles. The lowest BCUT2D eigenvalue weighted by atomic mass is 10.1. The molecular weight excluding hydrogens is 348 g/mol. The molecule has 3 aromatic rings. The van der Waals surface area contributed by atoms with Gasteiger partial charge in [-0.25, -0.2) is 4.98 Å². The van der Waals surface area contributed by atoms with E-state index in [-0.39, 0.29) is 0 Å². The van der Waals surface area contributed by atoms with E-state index in [9.17, 15) is 0 Å². The zero-order valence-electron chi connectivity index (χ0n) is 15.9. The van der Waals surface area contributed by atoms with E-state index in [4.69, 9.17) is 5.73 Å². The topological polar surface area (TPSA) is 92.0 Å². The van der Waals surface area contributed by atoms with Crippen molar-refractivity contribution in [3.05, 3.63) is 84.3 Å². The molecule has 0 radical (unpaired) electrons. The Hall–Kier alpha value is -3.41. The highest BCUT2D eigenvalue weighted by Crippen LogP contribution is 2.14. The summed E-state index contributed by atoms with van der Waals surface area (Å²) < 4.78 is 0. The maximum absolute atomic E-state index is 5.96. The van der Waals surface area contributed by atoms with Gasteiger partial charge < -0.3 is 5.73 Å². The molecule has 0 amide bonds. The highest BCUT2D eigenvalue weighted by atomic mass is 15.3. The van der Waals surface area contributed by atoms with E-state index >= 15 is 0 Å². The first kappa shape index (κ1) is 19.4. The van der Waals surface area contributed by atoms with Crippen molar-refractivity contribution in [3.8, 4) is 11.4 Å². The van der Waals surface area contributed by atoms with Crippen LogP contribution in [-0.2, 0) is 6.42 Å². The fraction of sp³-hybridized carbons (Fsp3) is 0.227. The minimum Gasteiger partial charge on any atom is -0.382 e. The van der Waals surface area contributed by atoms with Crippen LogP contribution in [0.2, 0.25) is 0 Å². The van der Waals surface area contributed by atoms with E-state index in [0.717, 1.165) is 60.6 Å². The molecular formula is C22H26N6. The number of hydrogen-bond acceptors (Lipinski definition) is 4. The molecule has 0 saturated heterocycles. The van der Waals surface area contributed by atoms with E-state index < -0.39 is 0 Å². The molecule has 6 heteroatoms. The zero-order chi connectivity index (χ0) is 19.6. The molecule has 144 valence electrons. The van der Waals surface area contributed by atoms with Crippen molar-refractivity contribution < 1.29 is 0 Å². The predicted octanol–water partition coefficient (Wildman–Crippen LogP) is 4.00. The van der Waals surface area contributed by atoms with Crippen molar-refractivity contribution in [2.45, 2.75) is 32.1 Å². The first-order chi connectivity index (χ1) is 13.7. The van der Waals surface area contributed by atoms with Crippen molar-refractivity contribution >= 4 is 5.84 Å². The van der Waals surface area contributed by atoms with Gasteiger partial charge in [-0.2, -0.15) is 10.2 Å². The van der Waals surface area contributed by atoms with E-state index in [1.54, 1.807) is 0 Å². The van der Waals surface area contributed by atoms with Gasteiger partial charge in [0.15, 0.2) is 11.7 Å². The van der Waals surface area contributed by atoms with Gasteiger partial charge in [0.25, 0.3) is 0 Å². The van der Waals surface area contributed by atoms with Gasteiger partial charge in [0.05, 0.1) is 0 Å². The number of aromatic nitrogens is 3. The van der Waals surface area contributed by atoms with Crippen molar-refractivity contribution in [1.82, 2.24) is 20.6 Å². The molecule has 0 aliphatic heterocycles. The summed E-state index contributed by atoms with van der Waals surface area (Å²) in [6.07, 6.45) is 4.91. The van der Waals surface area contributed by atoms with Gasteiger partial charge in [-0.15, -0.1) is 0 Å². The van der Waals surface area contributed by atoms with Crippen molar-refractivity contribution in [3.63, 3.8) is 0 Å². The average Bonchev–Trinajstić information content (AvgIpc) is 3.22. The van der Waals surface area contributed by atoms with Crippen LogP contribution in [0.5, 0.6) is 0 Å². The number of aromatic amines is 1. The number of H-pyrrole nitrogens is 1. The summed E-state index contributed by atoms with van der Waals surface area (Å²) in [5.41, 5.74) is 11.7. The van der Waals surface area contributed by atoms with Crippen LogP contribution in [-0.4, -0.2) is 21.0 Å². The third-order valence-corrected chi connectivity index (χ3v) is 4.36. The summed E-state index contributed by atoms with van der Waals surface area (Å²) in [6, 6.07) is 19.7. The van der Waals surface area contributed by atoms with Gasteiger partial charge >= 0.3 is 0 Å². The fourth-order valence-corrected chi connectivity index (χ4v) is 2.80. The molecule has 0 bridgehead atoms. The molecule has 0 aliphatic rings. The highest BCUT2D eigenvalue weighted by molar-refractivity contribution is 5.97. The molecule has 0 spiro atoms. The number of nitrogens with two attached hydrogens (primary N) is 1. The van der Waals surface area contributed by atoms with E-state index in [1.807, 2.05) is 60.7 Å². The second-order valence-electron chi connectivity index (χ2n) is 6.61. The molecule has 0 saturated carbocycles. The summed E-state index contributed by atoms with van der Waals surface area (Å²) in [5.74, 6) is 2.14. The number of amidine groups is 1. The fourth-order valence-electron chi connectivity index (χ4n) is 2.80. The van der Waals surface area contributed by atoms with Crippen LogP contribution in [0.3, 0.4) is 0 Å². The summed E-state index contributed by atoms with van der Waals surface area (Å²) in [6.45, 7) is 4.01. The maximum Gasteiger partial charge on any atom is 0.181 e. The Morgan fingerprint density at radius 3 is 2.46 bits per heavy atom. The molecule has 1 aromatic heterocycles. The second-order valence-corrected chi connectivity index (χ2v) is 6.61. The lowest BCUT2D eigenvalue weighted by molar-refractivity contribution is 0.643. The number of rotatable bonds is 10. The van der Waals surface area contributed by atoms with Crippen LogP contribution < -0.4 is 11.2 Å². The SMILES string of the molecule is C=C(CCCCCc1nc(-c2ccccc2)n[nH]1)N/N=C(\N)c1ccccc1. The van der Waals surface area contributed by atoms with Crippen molar-refractivity contribution in [2.75, 3.05) is 0 Å². The Balaban J connectivity index is 1.34. The highest BCUT2D eigenvalue weighted by Gasteiger charge is 2.05. The van der Waals surface area contributed by atoms with E-state index in [0.29, 0.717) is 5.84 Å². The standard InChI is InChI=1S/C22H26N6/c1-17(25-27-21(23)18-12-6-3-7-13-18)11-5-2-10-16-20-24-22(28-26-20)19-14-8-4-9-15-19/h3-4,6-9,12-15,25H,1-2,5,10-11,16H2,(H2,23,27)(H,24,26,28). The van der Waals surface area contributed by atoms with Gasteiger partial charge in [0, 0.05) is 23.2 Å². The Labute approximate surface area is 165 Å². The number of hydrogen-bond donors (Lipinski definition) is 3. The summed E-state index contributed by atoms with van der Waals surface area (Å²) in [7, 11) is 0. The van der Waals surface area contributed by atoms with Crippen LogP contribution in [0.4, 0.5) is 0 Å². The Bertz CT molecular complexity index is 899. The molecule has 0 fully saturated rings. The van der Waals surface area contributed by atoms with Crippen LogP contribution in [0.15, 0.2) is 78.0 Å². The molecule has 0 atom stereocenters. The van der Waals surface area contributed by atoms with Gasteiger partial charge in [0.2, 0.25) is 0 Å². The number of nitrogens with zero attached hydrogens (tertiary/aromatic N) is 3. The van der Waals surface area contributed by atoms with Gasteiger partial charge in [-0.3, -0.25) is 10.5 Å². The van der Waals surface area contributed by atoms with Crippen LogP contribution in [0.25, 0.3) is 11.4 Å². The summed E-state index contributed by atoms with van der Waals surface area (Å²) in [4.78, 5) is 4.56. The molecule has 1 heterocycles. The zero-order valence-corrected chi connectivity index (χ0v) is 15.9. The Morgan fingerprint density at radius 1 is 1.00 bits per heavy atom. The van der Waals surface area contributed by atoms with Crippen LogP contribution >= 0.6 is 0 Å². The molecule has 2 aromatic carbocycles. The third-order valence-electron chi connectivity index (χ3n) is 4.36. The second kappa shape index (κ2) is 10.1. The Morgan fingerprint density at radius 2 is 1.71 bits per heavy atom. The molecule has 0 unspecified atom stereocenters. The van der Waals surface area contributed by atoms with E-state index in [1.165, 1.54) is 0 Å². The third kappa shape index (κ3) is 5.81. The molecule has 28 heavy (non-hydrogen) atoms. The summed E-state index contributed by atoms with van der Waals surface area (Å²) in [5, 5.41) is 11.5. The summed E-state index contributed by atoms with van der Waals surface area (Å²) >= 11 is 0. The first-order valence-corrected chi connectivity index (χ1v) is 9.51. The minimum atomic E-state index is 0.460. The quantitative estimate of drug-likeness (QED) is 0.216. The monoisotopic (exact) mass is 374 g/mol. The number of aryl methyl sites for hydroxylation is 1. The number of allylic oxidation sites excluding steroid dienone is 1. The smallest absolute Gasteiger partial charge is 0.181 e. The largest absolute Gasteiger partial charge is 0.382 e. The lowest BCUT2D eigenvalue weighted by Crippen LogP contribution is -2.18. The lowest BCUT2D eigenvalue weighted by Gasteiger charge is -2.06. The Kier molecular flexibility index (Phi) is 6.95. The normalized spacial score (nSPS) is 11.4. The van der Waals surface area contributed by atoms with Crippen LogP contribution in [0, 0.1) is 0 Å². The number of benzene rings is 2. The number of hydrazone groups is 1.